The van der Waals surface area contributed by atoms with Gasteiger partial charge in [0.25, 0.3) is 0 Å². The van der Waals surface area contributed by atoms with Crippen molar-refractivity contribution < 1.29 is 19.4 Å². The van der Waals surface area contributed by atoms with E-state index in [1.165, 1.54) is 0 Å². The molecule has 0 bridgehead atoms. The number of aliphatic hydroxyl groups is 1. The van der Waals surface area contributed by atoms with Crippen LogP contribution in [-0.2, 0) is 6.61 Å². The van der Waals surface area contributed by atoms with Gasteiger partial charge in [0.05, 0.1) is 5.56 Å². The third-order valence-corrected chi connectivity index (χ3v) is 3.49. The molecule has 106 valence electrons. The zero-order chi connectivity index (χ0) is 14.8. The first kappa shape index (κ1) is 13.5. The number of aliphatic hydroxyl groups excluding tert-OH is 1. The maximum Gasteiger partial charge on any atom is 0.196 e. The van der Waals surface area contributed by atoms with E-state index in [0.717, 1.165) is 5.56 Å². The molecule has 3 rings (SSSR count). The van der Waals surface area contributed by atoms with Crippen LogP contribution in [-0.4, -0.2) is 22.8 Å². The van der Waals surface area contributed by atoms with Crippen molar-refractivity contribution in [3.05, 3.63) is 65.2 Å². The number of Topliss-reactive ketones (excluding diaryl/α,β-unsaturated/α-hetero) is 2. The lowest BCUT2D eigenvalue weighted by molar-refractivity contribution is 0.0648. The fourth-order valence-corrected chi connectivity index (χ4v) is 2.42. The second-order valence-corrected chi connectivity index (χ2v) is 4.96. The van der Waals surface area contributed by atoms with Gasteiger partial charge in [-0.25, -0.2) is 0 Å². The SMILES string of the molecule is O=C1C[C@@H](O)C(=O)c2c(OCc3ccccc3)cccc21. The molecule has 0 fully saturated rings. The van der Waals surface area contributed by atoms with E-state index in [9.17, 15) is 14.7 Å². The van der Waals surface area contributed by atoms with Crippen molar-refractivity contribution in [1.29, 1.82) is 0 Å². The van der Waals surface area contributed by atoms with Gasteiger partial charge in [0, 0.05) is 12.0 Å². The van der Waals surface area contributed by atoms with Crippen molar-refractivity contribution >= 4 is 11.6 Å². The molecule has 0 aliphatic heterocycles. The minimum atomic E-state index is -1.27. The average molecular weight is 282 g/mol. The van der Waals surface area contributed by atoms with Gasteiger partial charge in [0.15, 0.2) is 11.6 Å². The van der Waals surface area contributed by atoms with Crippen molar-refractivity contribution in [2.75, 3.05) is 0 Å². The number of hydrogen-bond donors (Lipinski definition) is 1. The topological polar surface area (TPSA) is 63.6 Å². The van der Waals surface area contributed by atoms with Gasteiger partial charge in [-0.1, -0.05) is 42.5 Å². The van der Waals surface area contributed by atoms with E-state index >= 15 is 0 Å². The van der Waals surface area contributed by atoms with Crippen LogP contribution in [0.2, 0.25) is 0 Å². The Balaban J connectivity index is 1.92. The summed E-state index contributed by atoms with van der Waals surface area (Å²) in [6, 6.07) is 14.5. The fraction of sp³-hybridized carbons (Fsp3) is 0.176. The summed E-state index contributed by atoms with van der Waals surface area (Å²) in [5, 5.41) is 9.68. The maximum atomic E-state index is 12.1. The summed E-state index contributed by atoms with van der Waals surface area (Å²) in [6.45, 7) is 0.300. The first-order chi connectivity index (χ1) is 10.2. The molecule has 1 atom stereocenters. The van der Waals surface area contributed by atoms with Gasteiger partial charge in [-0.15, -0.1) is 0 Å². The van der Waals surface area contributed by atoms with Gasteiger partial charge in [-0.05, 0) is 11.6 Å². The molecule has 0 spiro atoms. The molecule has 0 saturated carbocycles. The Morgan fingerprint density at radius 2 is 1.81 bits per heavy atom. The van der Waals surface area contributed by atoms with Crippen LogP contribution in [0.25, 0.3) is 0 Å². The van der Waals surface area contributed by atoms with Gasteiger partial charge in [0.2, 0.25) is 0 Å². The summed E-state index contributed by atoms with van der Waals surface area (Å²) in [6.07, 6.45) is -1.43. The average Bonchev–Trinajstić information content (AvgIpc) is 2.51. The van der Waals surface area contributed by atoms with E-state index < -0.39 is 11.9 Å². The van der Waals surface area contributed by atoms with Gasteiger partial charge in [-0.2, -0.15) is 0 Å². The number of fused-ring (bicyclic) bond motifs is 1. The largest absolute Gasteiger partial charge is 0.488 e. The molecule has 2 aromatic carbocycles. The van der Waals surface area contributed by atoms with E-state index in [0.29, 0.717) is 17.9 Å². The Labute approximate surface area is 122 Å². The lowest BCUT2D eigenvalue weighted by atomic mass is 9.87. The Hall–Kier alpha value is -2.46. The Morgan fingerprint density at radius 1 is 1.05 bits per heavy atom. The van der Waals surface area contributed by atoms with Crippen molar-refractivity contribution in [2.24, 2.45) is 0 Å². The predicted molar refractivity (Wildman–Crippen MR) is 76.5 cm³/mol. The van der Waals surface area contributed by atoms with Crippen LogP contribution in [0.3, 0.4) is 0 Å². The highest BCUT2D eigenvalue weighted by molar-refractivity contribution is 6.17. The van der Waals surface area contributed by atoms with Crippen LogP contribution in [0.1, 0.15) is 32.7 Å². The van der Waals surface area contributed by atoms with E-state index in [4.69, 9.17) is 4.74 Å². The Kier molecular flexibility index (Phi) is 3.54. The van der Waals surface area contributed by atoms with Crippen LogP contribution in [0.5, 0.6) is 5.75 Å². The molecule has 21 heavy (non-hydrogen) atoms. The first-order valence-electron chi connectivity index (χ1n) is 6.72. The van der Waals surface area contributed by atoms with Crippen molar-refractivity contribution in [2.45, 2.75) is 19.1 Å². The predicted octanol–water partition coefficient (Wildman–Crippen LogP) is 2.40. The molecule has 4 nitrogen and oxygen atoms in total. The second kappa shape index (κ2) is 5.50. The smallest absolute Gasteiger partial charge is 0.196 e. The lowest BCUT2D eigenvalue weighted by Gasteiger charge is -2.21. The minimum Gasteiger partial charge on any atom is -0.488 e. The second-order valence-electron chi connectivity index (χ2n) is 4.96. The molecular weight excluding hydrogens is 268 g/mol. The van der Waals surface area contributed by atoms with Crippen LogP contribution in [0.4, 0.5) is 0 Å². The van der Waals surface area contributed by atoms with Crippen LogP contribution >= 0.6 is 0 Å². The summed E-state index contributed by atoms with van der Waals surface area (Å²) in [4.78, 5) is 24.0. The number of hydrogen-bond acceptors (Lipinski definition) is 4. The van der Waals surface area contributed by atoms with Gasteiger partial charge in [-0.3, -0.25) is 9.59 Å². The molecule has 1 N–H and O–H groups in total. The molecule has 0 heterocycles. The molecule has 0 unspecified atom stereocenters. The summed E-state index contributed by atoms with van der Waals surface area (Å²) in [7, 11) is 0. The van der Waals surface area contributed by atoms with Crippen LogP contribution < -0.4 is 4.74 Å². The molecule has 0 saturated heterocycles. The summed E-state index contributed by atoms with van der Waals surface area (Å²) in [5.74, 6) is -0.344. The molecule has 0 radical (unpaired) electrons. The molecule has 1 aliphatic rings. The Bertz CT molecular complexity index is 691. The Morgan fingerprint density at radius 3 is 2.57 bits per heavy atom. The van der Waals surface area contributed by atoms with Gasteiger partial charge >= 0.3 is 0 Å². The highest BCUT2D eigenvalue weighted by Gasteiger charge is 2.33. The van der Waals surface area contributed by atoms with E-state index in [-0.39, 0.29) is 17.8 Å². The number of benzene rings is 2. The molecule has 1 aliphatic carbocycles. The summed E-state index contributed by atoms with van der Waals surface area (Å²) >= 11 is 0. The summed E-state index contributed by atoms with van der Waals surface area (Å²) in [5.41, 5.74) is 1.48. The lowest BCUT2D eigenvalue weighted by Crippen LogP contribution is -2.31. The standard InChI is InChI=1S/C17H14O4/c18-13-9-14(19)17(20)16-12(13)7-4-8-15(16)21-10-11-5-2-1-3-6-11/h1-8,14,19H,9-10H2/t14-/m1/s1. The number of rotatable bonds is 3. The monoisotopic (exact) mass is 282 g/mol. The third kappa shape index (κ3) is 2.58. The number of carbonyl (C=O) groups is 2. The van der Waals surface area contributed by atoms with E-state index in [1.54, 1.807) is 18.2 Å². The molecule has 0 amide bonds. The fourth-order valence-electron chi connectivity index (χ4n) is 2.42. The molecule has 0 aromatic heterocycles. The zero-order valence-corrected chi connectivity index (χ0v) is 11.3. The van der Waals surface area contributed by atoms with E-state index in [1.807, 2.05) is 30.3 Å². The quantitative estimate of drug-likeness (QED) is 0.939. The van der Waals surface area contributed by atoms with E-state index in [2.05, 4.69) is 0 Å². The number of carbonyl (C=O) groups excluding carboxylic acids is 2. The van der Waals surface area contributed by atoms with Crippen LogP contribution in [0.15, 0.2) is 48.5 Å². The third-order valence-electron chi connectivity index (χ3n) is 3.49. The van der Waals surface area contributed by atoms with Crippen LogP contribution in [0, 0.1) is 0 Å². The normalized spacial score (nSPS) is 17.5. The first-order valence-corrected chi connectivity index (χ1v) is 6.72. The van der Waals surface area contributed by atoms with Crippen molar-refractivity contribution in [3.8, 4) is 5.75 Å². The molecule has 2 aromatic rings. The minimum absolute atomic E-state index is 0.159. The summed E-state index contributed by atoms with van der Waals surface area (Å²) < 4.78 is 5.67. The molecular formula is C17H14O4. The number of ether oxygens (including phenoxy) is 1. The highest BCUT2D eigenvalue weighted by atomic mass is 16.5. The highest BCUT2D eigenvalue weighted by Crippen LogP contribution is 2.30. The number of ketones is 2. The van der Waals surface area contributed by atoms with Gasteiger partial charge in [0.1, 0.15) is 18.5 Å². The van der Waals surface area contributed by atoms with Gasteiger partial charge < -0.3 is 9.84 Å². The van der Waals surface area contributed by atoms with Crippen molar-refractivity contribution in [3.63, 3.8) is 0 Å². The van der Waals surface area contributed by atoms with Crippen molar-refractivity contribution in [1.82, 2.24) is 0 Å². The maximum absolute atomic E-state index is 12.1. The zero-order valence-electron chi connectivity index (χ0n) is 11.3. The molecule has 4 heteroatoms.